The molecule has 0 aliphatic carbocycles. The molecule has 4 heteroatoms. The third-order valence-corrected chi connectivity index (χ3v) is 3.70. The number of hydrogen-bond donors (Lipinski definition) is 2. The van der Waals surface area contributed by atoms with Gasteiger partial charge in [0, 0.05) is 24.7 Å². The zero-order valence-corrected chi connectivity index (χ0v) is 13.8. The van der Waals surface area contributed by atoms with Gasteiger partial charge in [-0.05, 0) is 61.2 Å². The summed E-state index contributed by atoms with van der Waals surface area (Å²) in [4.78, 5) is 23.0. The molecule has 2 amide bonds. The second-order valence-electron chi connectivity index (χ2n) is 5.73. The van der Waals surface area contributed by atoms with Crippen LogP contribution in [0.25, 0.3) is 0 Å². The van der Waals surface area contributed by atoms with Crippen molar-refractivity contribution in [3.63, 3.8) is 0 Å². The number of benzene rings is 2. The Balaban J connectivity index is 1.86. The number of aryl methyl sites for hydroxylation is 3. The molecule has 0 saturated carbocycles. The van der Waals surface area contributed by atoms with Crippen molar-refractivity contribution in [3.05, 3.63) is 59.2 Å². The number of rotatable bonds is 5. The zero-order valence-electron chi connectivity index (χ0n) is 13.8. The molecule has 0 saturated heterocycles. The van der Waals surface area contributed by atoms with Gasteiger partial charge in [0.15, 0.2) is 0 Å². The van der Waals surface area contributed by atoms with E-state index in [0.29, 0.717) is 12.1 Å². The highest BCUT2D eigenvalue weighted by atomic mass is 16.2. The lowest BCUT2D eigenvalue weighted by molar-refractivity contribution is -0.116. The lowest BCUT2D eigenvalue weighted by Gasteiger charge is -2.08. The Morgan fingerprint density at radius 2 is 1.48 bits per heavy atom. The third-order valence-electron chi connectivity index (χ3n) is 3.70. The highest BCUT2D eigenvalue weighted by Crippen LogP contribution is 2.15. The average Bonchev–Trinajstić information content (AvgIpc) is 2.50. The summed E-state index contributed by atoms with van der Waals surface area (Å²) >= 11 is 0. The Labute approximate surface area is 136 Å². The Morgan fingerprint density at radius 1 is 0.870 bits per heavy atom. The molecule has 0 aliphatic heterocycles. The van der Waals surface area contributed by atoms with E-state index < -0.39 is 0 Å². The molecule has 0 unspecified atom stereocenters. The summed E-state index contributed by atoms with van der Waals surface area (Å²) in [6.07, 6.45) is 1.16. The molecular weight excluding hydrogens is 288 g/mol. The number of carbonyl (C=O) groups is 2. The van der Waals surface area contributed by atoms with E-state index in [2.05, 4.69) is 42.7 Å². The van der Waals surface area contributed by atoms with Crippen LogP contribution >= 0.6 is 0 Å². The van der Waals surface area contributed by atoms with Gasteiger partial charge in [0.05, 0.1) is 0 Å². The summed E-state index contributed by atoms with van der Waals surface area (Å²) in [5.41, 5.74) is 5.12. The highest BCUT2D eigenvalue weighted by Gasteiger charge is 2.04. The van der Waals surface area contributed by atoms with Crippen LogP contribution in [0.3, 0.4) is 0 Å². The van der Waals surface area contributed by atoms with Crippen LogP contribution in [0.5, 0.6) is 0 Å². The quantitative estimate of drug-likeness (QED) is 0.881. The number of hydrogen-bond acceptors (Lipinski definition) is 2. The highest BCUT2D eigenvalue weighted by molar-refractivity contribution is 5.92. The van der Waals surface area contributed by atoms with Gasteiger partial charge in [-0.3, -0.25) is 9.59 Å². The molecule has 0 heterocycles. The van der Waals surface area contributed by atoms with E-state index >= 15 is 0 Å². The normalized spacial score (nSPS) is 10.2. The van der Waals surface area contributed by atoms with Crippen molar-refractivity contribution < 1.29 is 9.59 Å². The summed E-state index contributed by atoms with van der Waals surface area (Å²) in [6.45, 7) is 5.62. The van der Waals surface area contributed by atoms with Crippen LogP contribution in [0.2, 0.25) is 0 Å². The third kappa shape index (κ3) is 5.25. The molecule has 0 radical (unpaired) electrons. The number of anilines is 2. The van der Waals surface area contributed by atoms with Gasteiger partial charge in [-0.2, -0.15) is 0 Å². The maximum Gasteiger partial charge on any atom is 0.224 e. The van der Waals surface area contributed by atoms with Crippen molar-refractivity contribution in [2.75, 3.05) is 10.6 Å². The Hall–Kier alpha value is -2.62. The summed E-state index contributed by atoms with van der Waals surface area (Å²) in [7, 11) is 0. The molecule has 120 valence electrons. The Kier molecular flexibility index (Phi) is 5.52. The van der Waals surface area contributed by atoms with Crippen molar-refractivity contribution in [2.45, 2.75) is 33.6 Å². The summed E-state index contributed by atoms with van der Waals surface area (Å²) in [5, 5.41) is 5.56. The van der Waals surface area contributed by atoms with Crippen LogP contribution in [0.4, 0.5) is 11.4 Å². The van der Waals surface area contributed by atoms with Gasteiger partial charge in [-0.25, -0.2) is 0 Å². The molecule has 0 fully saturated rings. The van der Waals surface area contributed by atoms with E-state index in [9.17, 15) is 9.59 Å². The molecule has 2 N–H and O–H groups in total. The van der Waals surface area contributed by atoms with Crippen LogP contribution in [0.1, 0.15) is 30.0 Å². The minimum atomic E-state index is -0.116. The van der Waals surface area contributed by atoms with Gasteiger partial charge < -0.3 is 10.6 Å². The van der Waals surface area contributed by atoms with Gasteiger partial charge in [-0.15, -0.1) is 0 Å². The Bertz CT molecular complexity index is 706. The van der Waals surface area contributed by atoms with Crippen molar-refractivity contribution in [2.24, 2.45) is 0 Å². The fourth-order valence-electron chi connectivity index (χ4n) is 2.28. The molecule has 0 bridgehead atoms. The van der Waals surface area contributed by atoms with Crippen LogP contribution in [-0.2, 0) is 16.0 Å². The molecule has 23 heavy (non-hydrogen) atoms. The second-order valence-corrected chi connectivity index (χ2v) is 5.73. The largest absolute Gasteiger partial charge is 0.326 e. The molecule has 4 nitrogen and oxygen atoms in total. The molecule has 2 aromatic carbocycles. The van der Waals surface area contributed by atoms with Crippen LogP contribution in [0.15, 0.2) is 42.5 Å². The lowest BCUT2D eigenvalue weighted by Crippen LogP contribution is -2.12. The van der Waals surface area contributed by atoms with Gasteiger partial charge in [0.2, 0.25) is 11.8 Å². The van der Waals surface area contributed by atoms with Gasteiger partial charge in [0.25, 0.3) is 0 Å². The standard InChI is InChI=1S/C19H22N2O2/c1-13-4-5-16(12-14(13)2)6-11-19(23)21-18-9-7-17(8-10-18)20-15(3)22/h4-5,7-10,12H,6,11H2,1-3H3,(H,20,22)(H,21,23). The Morgan fingerprint density at radius 3 is 2.04 bits per heavy atom. The van der Waals surface area contributed by atoms with E-state index in [1.54, 1.807) is 24.3 Å². The van der Waals surface area contributed by atoms with Crippen LogP contribution in [0, 0.1) is 13.8 Å². The predicted molar refractivity (Wildman–Crippen MR) is 93.6 cm³/mol. The van der Waals surface area contributed by atoms with Crippen molar-refractivity contribution in [3.8, 4) is 0 Å². The van der Waals surface area contributed by atoms with E-state index in [-0.39, 0.29) is 11.8 Å². The SMILES string of the molecule is CC(=O)Nc1ccc(NC(=O)CCc2ccc(C)c(C)c2)cc1. The summed E-state index contributed by atoms with van der Waals surface area (Å²) < 4.78 is 0. The number of amides is 2. The van der Waals surface area contributed by atoms with Gasteiger partial charge in [-0.1, -0.05) is 18.2 Å². The van der Waals surface area contributed by atoms with Crippen molar-refractivity contribution in [1.29, 1.82) is 0 Å². The molecule has 2 rings (SSSR count). The number of carbonyl (C=O) groups excluding carboxylic acids is 2. The molecule has 0 atom stereocenters. The molecular formula is C19H22N2O2. The van der Waals surface area contributed by atoms with Crippen LogP contribution < -0.4 is 10.6 Å². The monoisotopic (exact) mass is 310 g/mol. The minimum absolute atomic E-state index is 0.0181. The first-order chi connectivity index (χ1) is 10.9. The van der Waals surface area contributed by atoms with E-state index in [1.165, 1.54) is 23.6 Å². The maximum atomic E-state index is 12.0. The first kappa shape index (κ1) is 16.7. The molecule has 0 spiro atoms. The van der Waals surface area contributed by atoms with E-state index in [1.807, 2.05) is 0 Å². The molecule has 0 aliphatic rings. The summed E-state index contributed by atoms with van der Waals surface area (Å²) in [6, 6.07) is 13.4. The van der Waals surface area contributed by atoms with Gasteiger partial charge >= 0.3 is 0 Å². The topological polar surface area (TPSA) is 58.2 Å². The van der Waals surface area contributed by atoms with Crippen molar-refractivity contribution >= 4 is 23.2 Å². The van der Waals surface area contributed by atoms with Gasteiger partial charge in [0.1, 0.15) is 0 Å². The first-order valence-electron chi connectivity index (χ1n) is 7.67. The van der Waals surface area contributed by atoms with E-state index in [0.717, 1.165) is 12.1 Å². The maximum absolute atomic E-state index is 12.0. The summed E-state index contributed by atoms with van der Waals surface area (Å²) in [5.74, 6) is -0.134. The van der Waals surface area contributed by atoms with Crippen molar-refractivity contribution in [1.82, 2.24) is 0 Å². The van der Waals surface area contributed by atoms with E-state index in [4.69, 9.17) is 0 Å². The second kappa shape index (κ2) is 7.58. The predicted octanol–water partition coefficient (Wildman–Crippen LogP) is 3.83. The fourth-order valence-corrected chi connectivity index (χ4v) is 2.28. The molecule has 2 aromatic rings. The molecule has 0 aromatic heterocycles. The lowest BCUT2D eigenvalue weighted by atomic mass is 10.0. The zero-order chi connectivity index (χ0) is 16.8. The smallest absolute Gasteiger partial charge is 0.224 e. The number of nitrogens with one attached hydrogen (secondary N) is 2. The first-order valence-corrected chi connectivity index (χ1v) is 7.67. The minimum Gasteiger partial charge on any atom is -0.326 e. The fraction of sp³-hybridized carbons (Fsp3) is 0.263. The van der Waals surface area contributed by atoms with Crippen LogP contribution in [-0.4, -0.2) is 11.8 Å². The average molecular weight is 310 g/mol.